The predicted molar refractivity (Wildman–Crippen MR) is 82.5 cm³/mol. The number of hydrogen-bond donors (Lipinski definition) is 3. The van der Waals surface area contributed by atoms with E-state index in [0.717, 1.165) is 25.8 Å². The van der Waals surface area contributed by atoms with Crippen LogP contribution < -0.4 is 11.1 Å². The SMILES string of the molecule is NCCN(CCC(=O)O)S(=O)(=O)N(CC1CC1)C1CCNC1. The first-order valence-corrected chi connectivity index (χ1v) is 9.24. The molecule has 1 aliphatic carbocycles. The molecule has 1 saturated carbocycles. The van der Waals surface area contributed by atoms with Crippen LogP contribution >= 0.6 is 0 Å². The summed E-state index contributed by atoms with van der Waals surface area (Å²) in [7, 11) is -3.68. The molecule has 0 amide bonds. The maximum absolute atomic E-state index is 13.0. The molecule has 2 fully saturated rings. The number of rotatable bonds is 10. The molecule has 9 heteroatoms. The number of hydrogen-bond acceptors (Lipinski definition) is 5. The molecule has 0 aromatic heterocycles. The maximum atomic E-state index is 13.0. The van der Waals surface area contributed by atoms with Gasteiger partial charge in [0.15, 0.2) is 0 Å². The Bertz CT molecular complexity index is 474. The second-order valence-electron chi connectivity index (χ2n) is 6.00. The summed E-state index contributed by atoms with van der Waals surface area (Å²) >= 11 is 0. The summed E-state index contributed by atoms with van der Waals surface area (Å²) in [6, 6.07) is -0.0456. The van der Waals surface area contributed by atoms with E-state index in [4.69, 9.17) is 10.8 Å². The lowest BCUT2D eigenvalue weighted by Crippen LogP contribution is -2.51. The Morgan fingerprint density at radius 1 is 1.27 bits per heavy atom. The first kappa shape index (κ1) is 17.6. The average molecular weight is 334 g/mol. The fourth-order valence-corrected chi connectivity index (χ4v) is 4.64. The monoisotopic (exact) mass is 334 g/mol. The average Bonchev–Trinajstić information content (AvgIpc) is 3.12. The first-order chi connectivity index (χ1) is 10.4. The summed E-state index contributed by atoms with van der Waals surface area (Å²) in [6.45, 7) is 2.30. The van der Waals surface area contributed by atoms with E-state index in [1.54, 1.807) is 4.31 Å². The number of nitrogens with zero attached hydrogens (tertiary/aromatic N) is 2. The normalized spacial score (nSPS) is 22.6. The van der Waals surface area contributed by atoms with E-state index in [1.165, 1.54) is 4.31 Å². The lowest BCUT2D eigenvalue weighted by Gasteiger charge is -2.33. The van der Waals surface area contributed by atoms with Crippen LogP contribution in [0.5, 0.6) is 0 Å². The van der Waals surface area contributed by atoms with Gasteiger partial charge in [-0.05, 0) is 31.7 Å². The minimum atomic E-state index is -3.68. The number of aliphatic carboxylic acids is 1. The first-order valence-electron chi connectivity index (χ1n) is 7.84. The summed E-state index contributed by atoms with van der Waals surface area (Å²) in [6.07, 6.45) is 2.72. The van der Waals surface area contributed by atoms with E-state index in [1.807, 2.05) is 0 Å². The quantitative estimate of drug-likeness (QED) is 0.474. The Hall–Kier alpha value is -0.740. The molecule has 1 atom stereocenters. The summed E-state index contributed by atoms with van der Waals surface area (Å²) in [5, 5.41) is 12.0. The van der Waals surface area contributed by atoms with Crippen LogP contribution in [0.2, 0.25) is 0 Å². The third-order valence-corrected chi connectivity index (χ3v) is 6.21. The summed E-state index contributed by atoms with van der Waals surface area (Å²) in [4.78, 5) is 10.8. The molecule has 128 valence electrons. The van der Waals surface area contributed by atoms with Gasteiger partial charge in [0.25, 0.3) is 10.2 Å². The van der Waals surface area contributed by atoms with Crippen molar-refractivity contribution in [1.82, 2.24) is 13.9 Å². The van der Waals surface area contributed by atoms with Crippen molar-refractivity contribution >= 4 is 16.2 Å². The Labute approximate surface area is 131 Å². The highest BCUT2D eigenvalue weighted by molar-refractivity contribution is 7.86. The topological polar surface area (TPSA) is 116 Å². The molecule has 22 heavy (non-hydrogen) atoms. The van der Waals surface area contributed by atoms with Gasteiger partial charge >= 0.3 is 5.97 Å². The van der Waals surface area contributed by atoms with Crippen molar-refractivity contribution in [2.45, 2.75) is 31.7 Å². The van der Waals surface area contributed by atoms with E-state index in [2.05, 4.69) is 5.32 Å². The molecule has 1 aliphatic heterocycles. The third kappa shape index (κ3) is 4.63. The van der Waals surface area contributed by atoms with Gasteiger partial charge in [0.1, 0.15) is 0 Å². The Balaban J connectivity index is 2.13. The fourth-order valence-electron chi connectivity index (χ4n) is 2.73. The van der Waals surface area contributed by atoms with Gasteiger partial charge in [0.2, 0.25) is 0 Å². The Morgan fingerprint density at radius 3 is 2.50 bits per heavy atom. The van der Waals surface area contributed by atoms with Gasteiger partial charge in [0.05, 0.1) is 6.42 Å². The molecule has 0 bridgehead atoms. The lowest BCUT2D eigenvalue weighted by atomic mass is 10.2. The molecule has 0 aromatic rings. The van der Waals surface area contributed by atoms with E-state index in [9.17, 15) is 13.2 Å². The van der Waals surface area contributed by atoms with Crippen LogP contribution in [0, 0.1) is 5.92 Å². The van der Waals surface area contributed by atoms with Gasteiger partial charge in [0, 0.05) is 38.8 Å². The van der Waals surface area contributed by atoms with Gasteiger partial charge < -0.3 is 16.2 Å². The van der Waals surface area contributed by atoms with Gasteiger partial charge in [-0.3, -0.25) is 4.79 Å². The van der Waals surface area contributed by atoms with Crippen LogP contribution in [-0.4, -0.2) is 73.4 Å². The van der Waals surface area contributed by atoms with Crippen molar-refractivity contribution in [3.8, 4) is 0 Å². The van der Waals surface area contributed by atoms with Crippen molar-refractivity contribution < 1.29 is 18.3 Å². The fraction of sp³-hybridized carbons (Fsp3) is 0.923. The summed E-state index contributed by atoms with van der Waals surface area (Å²) < 4.78 is 28.7. The van der Waals surface area contributed by atoms with Crippen LogP contribution in [0.15, 0.2) is 0 Å². The number of carboxylic acids is 1. The van der Waals surface area contributed by atoms with Crippen molar-refractivity contribution in [2.75, 3.05) is 39.3 Å². The smallest absolute Gasteiger partial charge is 0.304 e. The van der Waals surface area contributed by atoms with E-state index in [-0.39, 0.29) is 32.1 Å². The molecule has 1 saturated heterocycles. The van der Waals surface area contributed by atoms with Gasteiger partial charge in [-0.1, -0.05) is 0 Å². The molecule has 2 aliphatic rings. The molecule has 0 radical (unpaired) electrons. The van der Waals surface area contributed by atoms with Crippen molar-refractivity contribution in [3.63, 3.8) is 0 Å². The van der Waals surface area contributed by atoms with E-state index in [0.29, 0.717) is 19.0 Å². The standard InChI is InChI=1S/C13H26N4O4S/c14-5-8-16(7-4-13(18)19)22(20,21)17(10-11-1-2-11)12-3-6-15-9-12/h11-12,15H,1-10,14H2,(H,18,19). The van der Waals surface area contributed by atoms with E-state index >= 15 is 0 Å². The number of carbonyl (C=O) groups is 1. The van der Waals surface area contributed by atoms with E-state index < -0.39 is 16.2 Å². The maximum Gasteiger partial charge on any atom is 0.304 e. The predicted octanol–water partition coefficient (Wildman–Crippen LogP) is -0.959. The molecule has 2 rings (SSSR count). The van der Waals surface area contributed by atoms with Crippen molar-refractivity contribution in [2.24, 2.45) is 11.7 Å². The van der Waals surface area contributed by atoms with Gasteiger partial charge in [-0.2, -0.15) is 17.0 Å². The highest BCUT2D eigenvalue weighted by Crippen LogP contribution is 2.32. The summed E-state index contributed by atoms with van der Waals surface area (Å²) in [5.41, 5.74) is 5.52. The van der Waals surface area contributed by atoms with Crippen LogP contribution in [0.3, 0.4) is 0 Å². The van der Waals surface area contributed by atoms with Crippen LogP contribution in [0.25, 0.3) is 0 Å². The largest absolute Gasteiger partial charge is 0.481 e. The second kappa shape index (κ2) is 7.69. The van der Waals surface area contributed by atoms with Crippen LogP contribution in [0.1, 0.15) is 25.7 Å². The number of nitrogens with one attached hydrogen (secondary N) is 1. The molecule has 1 heterocycles. The molecule has 1 unspecified atom stereocenters. The molecular weight excluding hydrogens is 308 g/mol. The highest BCUT2D eigenvalue weighted by Gasteiger charge is 2.39. The Kier molecular flexibility index (Phi) is 6.16. The molecule has 0 spiro atoms. The van der Waals surface area contributed by atoms with Crippen molar-refractivity contribution in [1.29, 1.82) is 0 Å². The van der Waals surface area contributed by atoms with Crippen LogP contribution in [0.4, 0.5) is 0 Å². The molecule has 4 N–H and O–H groups in total. The minimum Gasteiger partial charge on any atom is -0.481 e. The van der Waals surface area contributed by atoms with Crippen LogP contribution in [-0.2, 0) is 15.0 Å². The second-order valence-corrected chi connectivity index (χ2v) is 7.88. The van der Waals surface area contributed by atoms with Gasteiger partial charge in [-0.15, -0.1) is 0 Å². The Morgan fingerprint density at radius 2 is 2.00 bits per heavy atom. The number of carboxylic acid groups (broad SMARTS) is 1. The molecule has 0 aromatic carbocycles. The zero-order valence-electron chi connectivity index (χ0n) is 12.8. The lowest BCUT2D eigenvalue weighted by molar-refractivity contribution is -0.137. The third-order valence-electron chi connectivity index (χ3n) is 4.15. The molecule has 8 nitrogen and oxygen atoms in total. The zero-order valence-corrected chi connectivity index (χ0v) is 13.6. The number of nitrogens with two attached hydrogens (primary N) is 1. The highest BCUT2D eigenvalue weighted by atomic mass is 32.2. The summed E-state index contributed by atoms with van der Waals surface area (Å²) in [5.74, 6) is -0.567. The van der Waals surface area contributed by atoms with Crippen molar-refractivity contribution in [3.05, 3.63) is 0 Å². The molecular formula is C13H26N4O4S. The zero-order chi connectivity index (χ0) is 16.2. The minimum absolute atomic E-state index is 0.0316. The van der Waals surface area contributed by atoms with Gasteiger partial charge in [-0.25, -0.2) is 0 Å².